The Balaban J connectivity index is 1.36. The minimum Gasteiger partial charge on any atom is -0.494 e. The van der Waals surface area contributed by atoms with Gasteiger partial charge in [-0.05, 0) is 59.4 Å². The Morgan fingerprint density at radius 3 is 1.97 bits per heavy atom. The third-order valence-electron chi connectivity index (χ3n) is 6.84. The summed E-state index contributed by atoms with van der Waals surface area (Å²) in [4.78, 5) is 9.34. The molecule has 1 aromatic heterocycles. The van der Waals surface area contributed by atoms with Crippen LogP contribution >= 0.6 is 0 Å². The highest BCUT2D eigenvalue weighted by molar-refractivity contribution is 5.88. The van der Waals surface area contributed by atoms with Gasteiger partial charge in [-0.15, -0.1) is 0 Å². The zero-order valence-electron chi connectivity index (χ0n) is 22.0. The molecule has 4 rings (SSSR count). The van der Waals surface area contributed by atoms with Crippen LogP contribution in [-0.2, 0) is 6.42 Å². The van der Waals surface area contributed by atoms with Crippen molar-refractivity contribution < 1.29 is 4.74 Å². The van der Waals surface area contributed by atoms with Crippen molar-refractivity contribution in [2.45, 2.75) is 78.1 Å². The third-order valence-corrected chi connectivity index (χ3v) is 6.84. The molecule has 0 N–H and O–H groups in total. The van der Waals surface area contributed by atoms with Crippen molar-refractivity contribution in [2.24, 2.45) is 0 Å². The lowest BCUT2D eigenvalue weighted by Gasteiger charge is -2.09. The van der Waals surface area contributed by atoms with E-state index in [0.717, 1.165) is 47.7 Å². The molecular weight excluding hydrogens is 440 g/mol. The van der Waals surface area contributed by atoms with Crippen molar-refractivity contribution in [2.75, 3.05) is 6.61 Å². The summed E-state index contributed by atoms with van der Waals surface area (Å²) in [6, 6.07) is 21.6. The number of hydrogen-bond donors (Lipinski definition) is 0. The first kappa shape index (κ1) is 25.9. The smallest absolute Gasteiger partial charge is 0.159 e. The summed E-state index contributed by atoms with van der Waals surface area (Å²) in [6.07, 6.45) is 16.5. The Morgan fingerprint density at radius 1 is 0.583 bits per heavy atom. The predicted octanol–water partition coefficient (Wildman–Crippen LogP) is 9.44. The normalized spacial score (nSPS) is 11.2. The first-order chi connectivity index (χ1) is 17.8. The van der Waals surface area contributed by atoms with Crippen LogP contribution in [0.1, 0.15) is 77.2 Å². The minimum atomic E-state index is 0.773. The number of benzene rings is 3. The van der Waals surface area contributed by atoms with Crippen LogP contribution < -0.4 is 4.74 Å². The number of rotatable bonds is 14. The van der Waals surface area contributed by atoms with Crippen LogP contribution in [0.4, 0.5) is 0 Å². The number of hydrogen-bond acceptors (Lipinski definition) is 3. The van der Waals surface area contributed by atoms with Gasteiger partial charge >= 0.3 is 0 Å². The first-order valence-corrected chi connectivity index (χ1v) is 13.8. The zero-order chi connectivity index (χ0) is 25.0. The molecule has 0 aliphatic carbocycles. The molecule has 188 valence electrons. The monoisotopic (exact) mass is 480 g/mol. The molecule has 0 saturated carbocycles. The Hall–Kier alpha value is -3.20. The van der Waals surface area contributed by atoms with Gasteiger partial charge in [0.15, 0.2) is 5.82 Å². The summed E-state index contributed by atoms with van der Waals surface area (Å²) >= 11 is 0. The molecule has 0 saturated heterocycles. The molecule has 0 aliphatic rings. The number of nitrogens with zero attached hydrogens (tertiary/aromatic N) is 2. The van der Waals surface area contributed by atoms with Crippen LogP contribution in [0.2, 0.25) is 0 Å². The second kappa shape index (κ2) is 13.8. The van der Waals surface area contributed by atoms with Gasteiger partial charge in [-0.3, -0.25) is 0 Å². The van der Waals surface area contributed by atoms with Crippen LogP contribution in [0.25, 0.3) is 33.3 Å². The molecule has 3 aromatic carbocycles. The van der Waals surface area contributed by atoms with Gasteiger partial charge in [-0.2, -0.15) is 0 Å². The summed E-state index contributed by atoms with van der Waals surface area (Å²) in [5.74, 6) is 1.72. The molecule has 0 unspecified atom stereocenters. The lowest BCUT2D eigenvalue weighted by atomic mass is 10.0. The molecule has 36 heavy (non-hydrogen) atoms. The Labute approximate surface area is 217 Å². The maximum atomic E-state index is 5.95. The van der Waals surface area contributed by atoms with Crippen LogP contribution in [0, 0.1) is 0 Å². The van der Waals surface area contributed by atoms with Gasteiger partial charge in [0.25, 0.3) is 0 Å². The van der Waals surface area contributed by atoms with E-state index in [-0.39, 0.29) is 0 Å². The standard InChI is InChI=1S/C33H40N2O/c1-3-5-7-9-10-12-26-13-15-27(16-14-26)33-34-24-31(25-35-33)29-17-18-30-23-32(20-19-28(30)22-29)36-21-11-8-6-4-2/h13-20,22-25H,3-12,21H2,1-2H3. The maximum absolute atomic E-state index is 5.95. The van der Waals surface area contributed by atoms with Gasteiger partial charge in [0, 0.05) is 23.5 Å². The SMILES string of the molecule is CCCCCCCc1ccc(-c2ncc(-c3ccc4cc(OCCCCCC)ccc4c3)cn2)cc1. The van der Waals surface area contributed by atoms with E-state index in [2.05, 4.69) is 84.5 Å². The predicted molar refractivity (Wildman–Crippen MR) is 153 cm³/mol. The van der Waals surface area contributed by atoms with E-state index in [9.17, 15) is 0 Å². The van der Waals surface area contributed by atoms with Crippen molar-refractivity contribution in [3.05, 3.63) is 78.6 Å². The van der Waals surface area contributed by atoms with Crippen LogP contribution in [0.5, 0.6) is 5.75 Å². The van der Waals surface area contributed by atoms with E-state index >= 15 is 0 Å². The van der Waals surface area contributed by atoms with Gasteiger partial charge in [-0.1, -0.05) is 101 Å². The number of aromatic nitrogens is 2. The highest BCUT2D eigenvalue weighted by atomic mass is 16.5. The largest absolute Gasteiger partial charge is 0.494 e. The van der Waals surface area contributed by atoms with E-state index in [4.69, 9.17) is 4.74 Å². The van der Waals surface area contributed by atoms with Crippen molar-refractivity contribution in [3.8, 4) is 28.3 Å². The van der Waals surface area contributed by atoms with Crippen molar-refractivity contribution in [1.82, 2.24) is 9.97 Å². The third kappa shape index (κ3) is 7.40. The van der Waals surface area contributed by atoms with Gasteiger partial charge in [0.05, 0.1) is 6.61 Å². The lowest BCUT2D eigenvalue weighted by molar-refractivity contribution is 0.305. The van der Waals surface area contributed by atoms with E-state index in [1.165, 1.54) is 67.7 Å². The van der Waals surface area contributed by atoms with E-state index in [1.54, 1.807) is 0 Å². The summed E-state index contributed by atoms with van der Waals surface area (Å²) < 4.78 is 5.95. The average Bonchev–Trinajstić information content (AvgIpc) is 2.93. The van der Waals surface area contributed by atoms with Gasteiger partial charge in [0.1, 0.15) is 5.75 Å². The van der Waals surface area contributed by atoms with E-state index < -0.39 is 0 Å². The second-order valence-electron chi connectivity index (χ2n) is 9.79. The molecule has 0 atom stereocenters. The lowest BCUT2D eigenvalue weighted by Crippen LogP contribution is -1.97. The quantitative estimate of drug-likeness (QED) is 0.169. The summed E-state index contributed by atoms with van der Waals surface area (Å²) in [6.45, 7) is 5.28. The molecular formula is C33H40N2O. The van der Waals surface area contributed by atoms with E-state index in [0.29, 0.717) is 0 Å². The fourth-order valence-corrected chi connectivity index (χ4v) is 4.59. The summed E-state index contributed by atoms with van der Waals surface area (Å²) in [5, 5.41) is 2.38. The van der Waals surface area contributed by atoms with Crippen LogP contribution in [-0.4, -0.2) is 16.6 Å². The Kier molecular flexibility index (Phi) is 9.90. The van der Waals surface area contributed by atoms with Gasteiger partial charge in [0.2, 0.25) is 0 Å². The maximum Gasteiger partial charge on any atom is 0.159 e. The molecule has 0 aliphatic heterocycles. The number of fused-ring (bicyclic) bond motifs is 1. The molecule has 4 aromatic rings. The van der Waals surface area contributed by atoms with Gasteiger partial charge < -0.3 is 4.74 Å². The van der Waals surface area contributed by atoms with E-state index in [1.807, 2.05) is 12.4 Å². The van der Waals surface area contributed by atoms with Crippen LogP contribution in [0.15, 0.2) is 73.1 Å². The highest BCUT2D eigenvalue weighted by Gasteiger charge is 2.06. The fraction of sp³-hybridized carbons (Fsp3) is 0.394. The Bertz CT molecular complexity index is 1200. The average molecular weight is 481 g/mol. The zero-order valence-corrected chi connectivity index (χ0v) is 22.0. The second-order valence-corrected chi connectivity index (χ2v) is 9.79. The molecule has 3 heteroatoms. The van der Waals surface area contributed by atoms with Crippen molar-refractivity contribution >= 4 is 10.8 Å². The highest BCUT2D eigenvalue weighted by Crippen LogP contribution is 2.27. The molecule has 0 amide bonds. The summed E-state index contributed by atoms with van der Waals surface area (Å²) in [7, 11) is 0. The topological polar surface area (TPSA) is 35.0 Å². The minimum absolute atomic E-state index is 0.773. The van der Waals surface area contributed by atoms with Crippen LogP contribution in [0.3, 0.4) is 0 Å². The molecule has 0 fully saturated rings. The van der Waals surface area contributed by atoms with Crippen molar-refractivity contribution in [1.29, 1.82) is 0 Å². The molecule has 0 spiro atoms. The number of ether oxygens (including phenoxy) is 1. The number of unbranched alkanes of at least 4 members (excludes halogenated alkanes) is 7. The first-order valence-electron chi connectivity index (χ1n) is 13.8. The molecule has 3 nitrogen and oxygen atoms in total. The Morgan fingerprint density at radius 2 is 1.22 bits per heavy atom. The summed E-state index contributed by atoms with van der Waals surface area (Å²) in [5.41, 5.74) is 4.62. The molecule has 0 bridgehead atoms. The number of aryl methyl sites for hydroxylation is 1. The van der Waals surface area contributed by atoms with Gasteiger partial charge in [-0.25, -0.2) is 9.97 Å². The fourth-order valence-electron chi connectivity index (χ4n) is 4.59. The molecule has 1 heterocycles. The van der Waals surface area contributed by atoms with Crippen molar-refractivity contribution in [3.63, 3.8) is 0 Å². The molecule has 0 radical (unpaired) electrons.